The van der Waals surface area contributed by atoms with E-state index >= 15 is 0 Å². The summed E-state index contributed by atoms with van der Waals surface area (Å²) in [5, 5.41) is 5.20. The molecule has 3 nitrogen and oxygen atoms in total. The number of fused-ring (bicyclic) bond motifs is 1. The van der Waals surface area contributed by atoms with E-state index < -0.39 is 0 Å². The molecule has 1 aliphatic rings. The second kappa shape index (κ2) is 4.90. The van der Waals surface area contributed by atoms with Gasteiger partial charge in [-0.1, -0.05) is 35.9 Å². The van der Waals surface area contributed by atoms with Gasteiger partial charge in [-0.2, -0.15) is 5.10 Å². The molecule has 4 heteroatoms. The Kier molecular flexibility index (Phi) is 3.35. The third-order valence-corrected chi connectivity index (χ3v) is 4.98. The number of nitrogens with two attached hydrogens (primary N) is 1. The maximum Gasteiger partial charge on any atom is 0.0847 e. The molecule has 2 N–H and O–H groups in total. The van der Waals surface area contributed by atoms with Crippen LogP contribution in [0.3, 0.4) is 0 Å². The lowest BCUT2D eigenvalue weighted by atomic mass is 9.80. The second-order valence-electron chi connectivity index (χ2n) is 5.97. The Morgan fingerprint density at radius 1 is 1.30 bits per heavy atom. The van der Waals surface area contributed by atoms with Crippen LogP contribution in [0.5, 0.6) is 0 Å². The van der Waals surface area contributed by atoms with Gasteiger partial charge in [-0.25, -0.2) is 0 Å². The molecule has 0 atom stereocenters. The average molecular weight is 290 g/mol. The van der Waals surface area contributed by atoms with Crippen LogP contribution in [-0.4, -0.2) is 16.3 Å². The molecule has 0 saturated heterocycles. The number of aryl methyl sites for hydroxylation is 2. The molecule has 2 aromatic rings. The number of aromatic nitrogens is 2. The van der Waals surface area contributed by atoms with Crippen molar-refractivity contribution in [2.75, 3.05) is 6.54 Å². The first kappa shape index (κ1) is 13.7. The first-order valence-electron chi connectivity index (χ1n) is 6.99. The number of nitrogens with zero attached hydrogens (tertiary/aromatic N) is 2. The minimum absolute atomic E-state index is 0.0769. The largest absolute Gasteiger partial charge is 0.330 e. The van der Waals surface area contributed by atoms with Crippen LogP contribution in [0.2, 0.25) is 5.02 Å². The standard InChI is InChI=1S/C16H20ClN3/c1-11-15(17)14(20(2)19-11)9-16(10-18)7-12-5-3-4-6-13(12)8-16/h3-6H,7-10,18H2,1-2H3. The Balaban J connectivity index is 1.93. The molecule has 20 heavy (non-hydrogen) atoms. The van der Waals surface area contributed by atoms with Gasteiger partial charge < -0.3 is 5.73 Å². The van der Waals surface area contributed by atoms with Crippen molar-refractivity contribution < 1.29 is 0 Å². The fourth-order valence-electron chi connectivity index (χ4n) is 3.34. The Bertz CT molecular complexity index is 620. The smallest absolute Gasteiger partial charge is 0.0847 e. The van der Waals surface area contributed by atoms with Gasteiger partial charge in [0, 0.05) is 7.05 Å². The fraction of sp³-hybridized carbons (Fsp3) is 0.438. The number of hydrogen-bond donors (Lipinski definition) is 1. The van der Waals surface area contributed by atoms with Crippen molar-refractivity contribution in [1.29, 1.82) is 0 Å². The summed E-state index contributed by atoms with van der Waals surface area (Å²) >= 11 is 6.40. The summed E-state index contributed by atoms with van der Waals surface area (Å²) in [6.07, 6.45) is 2.94. The molecule has 1 aliphatic carbocycles. The van der Waals surface area contributed by atoms with Gasteiger partial charge in [0.2, 0.25) is 0 Å². The predicted molar refractivity (Wildman–Crippen MR) is 82.0 cm³/mol. The summed E-state index contributed by atoms with van der Waals surface area (Å²) in [6, 6.07) is 8.63. The lowest BCUT2D eigenvalue weighted by molar-refractivity contribution is 0.307. The van der Waals surface area contributed by atoms with Crippen molar-refractivity contribution in [2.45, 2.75) is 26.2 Å². The number of hydrogen-bond acceptors (Lipinski definition) is 2. The highest BCUT2D eigenvalue weighted by molar-refractivity contribution is 6.31. The molecule has 0 aliphatic heterocycles. The van der Waals surface area contributed by atoms with Crippen LogP contribution in [0.1, 0.15) is 22.5 Å². The third kappa shape index (κ3) is 2.15. The van der Waals surface area contributed by atoms with E-state index in [4.69, 9.17) is 17.3 Å². The highest BCUT2D eigenvalue weighted by Gasteiger charge is 2.37. The van der Waals surface area contributed by atoms with Gasteiger partial charge >= 0.3 is 0 Å². The Hall–Kier alpha value is -1.32. The molecule has 0 spiro atoms. The minimum Gasteiger partial charge on any atom is -0.330 e. The van der Waals surface area contributed by atoms with Crippen molar-refractivity contribution in [1.82, 2.24) is 9.78 Å². The maximum atomic E-state index is 6.40. The van der Waals surface area contributed by atoms with Crippen LogP contribution in [0, 0.1) is 12.3 Å². The molecule has 1 aromatic heterocycles. The van der Waals surface area contributed by atoms with E-state index in [0.717, 1.165) is 35.7 Å². The summed E-state index contributed by atoms with van der Waals surface area (Å²) in [6.45, 7) is 2.62. The molecule has 3 rings (SSSR count). The van der Waals surface area contributed by atoms with E-state index in [-0.39, 0.29) is 5.41 Å². The van der Waals surface area contributed by atoms with Crippen LogP contribution < -0.4 is 5.73 Å². The molecule has 1 aromatic carbocycles. The molecule has 0 saturated carbocycles. The van der Waals surface area contributed by atoms with Gasteiger partial charge in [-0.3, -0.25) is 4.68 Å². The summed E-state index contributed by atoms with van der Waals surface area (Å²) in [4.78, 5) is 0. The number of halogens is 1. The van der Waals surface area contributed by atoms with Crippen molar-refractivity contribution >= 4 is 11.6 Å². The molecule has 0 bridgehead atoms. The molecule has 0 amide bonds. The van der Waals surface area contributed by atoms with E-state index in [2.05, 4.69) is 29.4 Å². The minimum atomic E-state index is 0.0769. The van der Waals surface area contributed by atoms with E-state index in [1.165, 1.54) is 11.1 Å². The average Bonchev–Trinajstić information content (AvgIpc) is 2.92. The highest BCUT2D eigenvalue weighted by Crippen LogP contribution is 2.40. The zero-order valence-corrected chi connectivity index (χ0v) is 12.7. The fourth-order valence-corrected chi connectivity index (χ4v) is 3.57. The third-order valence-electron chi connectivity index (χ3n) is 4.49. The van der Waals surface area contributed by atoms with E-state index in [1.807, 2.05) is 18.7 Å². The quantitative estimate of drug-likeness (QED) is 0.944. The lowest BCUT2D eigenvalue weighted by Gasteiger charge is -2.27. The van der Waals surface area contributed by atoms with Gasteiger partial charge in [0.05, 0.1) is 16.4 Å². The van der Waals surface area contributed by atoms with E-state index in [0.29, 0.717) is 6.54 Å². The monoisotopic (exact) mass is 289 g/mol. The Morgan fingerprint density at radius 2 is 1.90 bits per heavy atom. The molecule has 106 valence electrons. The van der Waals surface area contributed by atoms with Gasteiger partial charge in [0.15, 0.2) is 0 Å². The van der Waals surface area contributed by atoms with E-state index in [1.54, 1.807) is 0 Å². The van der Waals surface area contributed by atoms with Gasteiger partial charge in [0.1, 0.15) is 0 Å². The van der Waals surface area contributed by atoms with Crippen LogP contribution in [0.4, 0.5) is 0 Å². The lowest BCUT2D eigenvalue weighted by Crippen LogP contribution is -2.34. The van der Waals surface area contributed by atoms with Gasteiger partial charge in [-0.15, -0.1) is 0 Å². The molecule has 0 fully saturated rings. The van der Waals surface area contributed by atoms with Crippen molar-refractivity contribution in [3.05, 3.63) is 51.8 Å². The van der Waals surface area contributed by atoms with Crippen LogP contribution in [-0.2, 0) is 26.3 Å². The summed E-state index contributed by atoms with van der Waals surface area (Å²) in [7, 11) is 1.96. The Morgan fingerprint density at radius 3 is 2.35 bits per heavy atom. The van der Waals surface area contributed by atoms with Crippen molar-refractivity contribution in [3.63, 3.8) is 0 Å². The molecule has 0 unspecified atom stereocenters. The van der Waals surface area contributed by atoms with Gasteiger partial charge in [0.25, 0.3) is 0 Å². The second-order valence-corrected chi connectivity index (χ2v) is 6.35. The molecular formula is C16H20ClN3. The zero-order valence-electron chi connectivity index (χ0n) is 12.0. The van der Waals surface area contributed by atoms with Gasteiger partial charge in [-0.05, 0) is 49.3 Å². The number of benzene rings is 1. The molecule has 0 radical (unpaired) electrons. The van der Waals surface area contributed by atoms with Crippen molar-refractivity contribution in [3.8, 4) is 0 Å². The normalized spacial score (nSPS) is 16.4. The SMILES string of the molecule is Cc1nn(C)c(CC2(CN)Cc3ccccc3C2)c1Cl. The first-order valence-corrected chi connectivity index (χ1v) is 7.37. The summed E-state index contributed by atoms with van der Waals surface area (Å²) in [5.74, 6) is 0. The summed E-state index contributed by atoms with van der Waals surface area (Å²) in [5.41, 5.74) is 11.0. The predicted octanol–water partition coefficient (Wildman–Crippen LogP) is 2.67. The maximum absolute atomic E-state index is 6.40. The molecular weight excluding hydrogens is 270 g/mol. The summed E-state index contributed by atoms with van der Waals surface area (Å²) < 4.78 is 1.90. The van der Waals surface area contributed by atoms with Crippen LogP contribution in [0.25, 0.3) is 0 Å². The zero-order chi connectivity index (χ0) is 14.3. The highest BCUT2D eigenvalue weighted by atomic mass is 35.5. The molecule has 1 heterocycles. The van der Waals surface area contributed by atoms with E-state index in [9.17, 15) is 0 Å². The van der Waals surface area contributed by atoms with Crippen LogP contribution >= 0.6 is 11.6 Å². The Labute approximate surface area is 124 Å². The topological polar surface area (TPSA) is 43.8 Å². The number of rotatable bonds is 3. The van der Waals surface area contributed by atoms with Crippen LogP contribution in [0.15, 0.2) is 24.3 Å². The van der Waals surface area contributed by atoms with Crippen molar-refractivity contribution in [2.24, 2.45) is 18.2 Å². The first-order chi connectivity index (χ1) is 9.54.